The van der Waals surface area contributed by atoms with Crippen molar-refractivity contribution in [3.63, 3.8) is 0 Å². The molecule has 0 amide bonds. The summed E-state index contributed by atoms with van der Waals surface area (Å²) in [4.78, 5) is 0. The van der Waals surface area contributed by atoms with E-state index in [0.717, 1.165) is 17.5 Å². The lowest BCUT2D eigenvalue weighted by atomic mass is 9.93. The third kappa shape index (κ3) is 5.22. The Hall–Kier alpha value is -0.460. The van der Waals surface area contributed by atoms with E-state index in [1.54, 1.807) is 0 Å². The number of hydrogen-bond acceptors (Lipinski definition) is 1. The normalized spacial score (nSPS) is 15.8. The monoisotopic (exact) mass is 169 g/mol. The van der Waals surface area contributed by atoms with Gasteiger partial charge in [0.05, 0.1) is 0 Å². The van der Waals surface area contributed by atoms with Crippen LogP contribution in [0.15, 0.2) is 12.3 Å². The Morgan fingerprint density at radius 3 is 2.08 bits per heavy atom. The molecule has 0 aliphatic heterocycles. The highest BCUT2D eigenvalue weighted by molar-refractivity contribution is 4.88. The molecule has 0 rings (SSSR count). The molecule has 1 unspecified atom stereocenters. The molecule has 1 N–H and O–H groups in total. The molecule has 1 nitrogen and oxygen atoms in total. The average Bonchev–Trinajstić information content (AvgIpc) is 1.84. The zero-order chi connectivity index (χ0) is 9.72. The maximum Gasteiger partial charge on any atom is 0.0255 e. The summed E-state index contributed by atoms with van der Waals surface area (Å²) in [5.74, 6) is 1.51. The van der Waals surface area contributed by atoms with Crippen molar-refractivity contribution in [2.45, 2.75) is 47.1 Å². The number of nitrogens with one attached hydrogen (secondary N) is 1. The summed E-state index contributed by atoms with van der Waals surface area (Å²) in [6.07, 6.45) is 1.28. The third-order valence-electron chi connectivity index (χ3n) is 2.17. The van der Waals surface area contributed by atoms with Crippen LogP contribution in [0.1, 0.15) is 41.0 Å². The Labute approximate surface area is 77.2 Å². The highest BCUT2D eigenvalue weighted by Crippen LogP contribution is 2.14. The molecule has 0 aromatic rings. The molecule has 72 valence electrons. The fourth-order valence-corrected chi connectivity index (χ4v) is 1.48. The van der Waals surface area contributed by atoms with Gasteiger partial charge in [0.1, 0.15) is 0 Å². The van der Waals surface area contributed by atoms with Gasteiger partial charge in [-0.1, -0.05) is 27.4 Å². The van der Waals surface area contributed by atoms with Crippen LogP contribution in [0.25, 0.3) is 0 Å². The van der Waals surface area contributed by atoms with E-state index >= 15 is 0 Å². The first kappa shape index (κ1) is 11.5. The van der Waals surface area contributed by atoms with E-state index in [1.807, 2.05) is 6.92 Å². The molecule has 0 aliphatic carbocycles. The predicted molar refractivity (Wildman–Crippen MR) is 56.0 cm³/mol. The minimum Gasteiger partial charge on any atom is -0.386 e. The molecule has 12 heavy (non-hydrogen) atoms. The zero-order valence-corrected chi connectivity index (χ0v) is 9.15. The van der Waals surface area contributed by atoms with Gasteiger partial charge in [0.2, 0.25) is 0 Å². The molecule has 1 heteroatoms. The van der Waals surface area contributed by atoms with Crippen molar-refractivity contribution in [3.8, 4) is 0 Å². The quantitative estimate of drug-likeness (QED) is 0.666. The molecular formula is C11H23N. The van der Waals surface area contributed by atoms with Gasteiger partial charge in [-0.3, -0.25) is 0 Å². The van der Waals surface area contributed by atoms with Crippen LogP contribution in [-0.4, -0.2) is 6.04 Å². The van der Waals surface area contributed by atoms with Gasteiger partial charge < -0.3 is 5.32 Å². The number of hydrogen-bond donors (Lipinski definition) is 1. The SMILES string of the molecule is C=C(C)N[C@@H](C)C(C)CC(C)C. The molecule has 0 bridgehead atoms. The molecular weight excluding hydrogens is 146 g/mol. The van der Waals surface area contributed by atoms with Crippen LogP contribution in [0.5, 0.6) is 0 Å². The van der Waals surface area contributed by atoms with Crippen molar-refractivity contribution in [2.75, 3.05) is 0 Å². The lowest BCUT2D eigenvalue weighted by Crippen LogP contribution is -2.31. The van der Waals surface area contributed by atoms with Crippen LogP contribution in [-0.2, 0) is 0 Å². The predicted octanol–water partition coefficient (Wildman–Crippen LogP) is 3.18. The summed E-state index contributed by atoms with van der Waals surface area (Å²) in [6.45, 7) is 14.9. The molecule has 0 spiro atoms. The van der Waals surface area contributed by atoms with Crippen LogP contribution >= 0.6 is 0 Å². The second-order valence-electron chi connectivity index (χ2n) is 4.32. The standard InChI is InChI=1S/C11H23N/c1-8(2)7-10(5)11(6)12-9(3)4/h8,10-12H,3,7H2,1-2,4-6H3/t10?,11-/m0/s1. The Morgan fingerprint density at radius 1 is 1.25 bits per heavy atom. The van der Waals surface area contributed by atoms with E-state index in [4.69, 9.17) is 0 Å². The first-order valence-corrected chi connectivity index (χ1v) is 4.85. The molecule has 0 saturated carbocycles. The van der Waals surface area contributed by atoms with Crippen LogP contribution in [0.4, 0.5) is 0 Å². The molecule has 2 atom stereocenters. The highest BCUT2D eigenvalue weighted by atomic mass is 14.9. The third-order valence-corrected chi connectivity index (χ3v) is 2.17. The van der Waals surface area contributed by atoms with Gasteiger partial charge in [-0.25, -0.2) is 0 Å². The van der Waals surface area contributed by atoms with Crippen molar-refractivity contribution in [3.05, 3.63) is 12.3 Å². The minimum absolute atomic E-state index is 0.546. The lowest BCUT2D eigenvalue weighted by molar-refractivity contribution is 0.356. The van der Waals surface area contributed by atoms with Crippen LogP contribution in [0.3, 0.4) is 0 Å². The van der Waals surface area contributed by atoms with Crippen molar-refractivity contribution in [1.82, 2.24) is 5.32 Å². The lowest BCUT2D eigenvalue weighted by Gasteiger charge is -2.23. The molecule has 0 fully saturated rings. The topological polar surface area (TPSA) is 12.0 Å². The highest BCUT2D eigenvalue weighted by Gasteiger charge is 2.12. The smallest absolute Gasteiger partial charge is 0.0255 e. The Balaban J connectivity index is 3.76. The fourth-order valence-electron chi connectivity index (χ4n) is 1.48. The number of rotatable bonds is 5. The summed E-state index contributed by atoms with van der Waals surface area (Å²) in [7, 11) is 0. The average molecular weight is 169 g/mol. The minimum atomic E-state index is 0.546. The summed E-state index contributed by atoms with van der Waals surface area (Å²) < 4.78 is 0. The molecule has 0 radical (unpaired) electrons. The summed E-state index contributed by atoms with van der Waals surface area (Å²) >= 11 is 0. The van der Waals surface area contributed by atoms with Gasteiger partial charge in [0.25, 0.3) is 0 Å². The van der Waals surface area contributed by atoms with E-state index in [1.165, 1.54) is 6.42 Å². The van der Waals surface area contributed by atoms with Crippen molar-refractivity contribution in [1.29, 1.82) is 0 Å². The first-order valence-electron chi connectivity index (χ1n) is 4.85. The van der Waals surface area contributed by atoms with Gasteiger partial charge >= 0.3 is 0 Å². The molecule has 0 saturated heterocycles. The Kier molecular flexibility index (Phi) is 5.03. The maximum atomic E-state index is 3.85. The van der Waals surface area contributed by atoms with Gasteiger partial charge in [-0.15, -0.1) is 0 Å². The fraction of sp³-hybridized carbons (Fsp3) is 0.818. The van der Waals surface area contributed by atoms with E-state index < -0.39 is 0 Å². The second kappa shape index (κ2) is 5.23. The van der Waals surface area contributed by atoms with Crippen molar-refractivity contribution in [2.24, 2.45) is 11.8 Å². The van der Waals surface area contributed by atoms with E-state index in [2.05, 4.69) is 39.6 Å². The zero-order valence-electron chi connectivity index (χ0n) is 9.15. The second-order valence-corrected chi connectivity index (χ2v) is 4.32. The number of allylic oxidation sites excluding steroid dienone is 1. The van der Waals surface area contributed by atoms with Crippen LogP contribution in [0, 0.1) is 11.8 Å². The first-order chi connectivity index (χ1) is 5.43. The van der Waals surface area contributed by atoms with Crippen molar-refractivity contribution >= 4 is 0 Å². The van der Waals surface area contributed by atoms with Gasteiger partial charge in [-0.2, -0.15) is 0 Å². The van der Waals surface area contributed by atoms with Gasteiger partial charge in [0, 0.05) is 11.7 Å². The van der Waals surface area contributed by atoms with E-state index in [9.17, 15) is 0 Å². The summed E-state index contributed by atoms with van der Waals surface area (Å²) in [5.41, 5.74) is 1.07. The Morgan fingerprint density at radius 2 is 1.75 bits per heavy atom. The summed E-state index contributed by atoms with van der Waals surface area (Å²) in [6, 6.07) is 0.546. The molecule has 0 heterocycles. The molecule has 0 aliphatic rings. The maximum absolute atomic E-state index is 3.85. The van der Waals surface area contributed by atoms with Crippen molar-refractivity contribution < 1.29 is 0 Å². The van der Waals surface area contributed by atoms with E-state index in [-0.39, 0.29) is 0 Å². The van der Waals surface area contributed by atoms with Crippen LogP contribution < -0.4 is 5.32 Å². The molecule has 0 aromatic heterocycles. The van der Waals surface area contributed by atoms with Gasteiger partial charge in [-0.05, 0) is 32.1 Å². The molecule has 0 aromatic carbocycles. The van der Waals surface area contributed by atoms with E-state index in [0.29, 0.717) is 6.04 Å². The summed E-state index contributed by atoms with van der Waals surface area (Å²) in [5, 5.41) is 3.35. The van der Waals surface area contributed by atoms with Gasteiger partial charge in [0.15, 0.2) is 0 Å². The van der Waals surface area contributed by atoms with Crippen LogP contribution in [0.2, 0.25) is 0 Å². The largest absolute Gasteiger partial charge is 0.386 e. The Bertz CT molecular complexity index is 138.